The van der Waals surface area contributed by atoms with E-state index in [1.165, 1.54) is 5.56 Å². The van der Waals surface area contributed by atoms with Gasteiger partial charge < -0.3 is 14.4 Å². The number of rotatable bonds is 6. The van der Waals surface area contributed by atoms with Gasteiger partial charge in [0.2, 0.25) is 5.78 Å². The fourth-order valence-electron chi connectivity index (χ4n) is 4.48. The number of carbonyl (C=O) groups excluding carboxylic acids is 1. The molecule has 5 heteroatoms. The van der Waals surface area contributed by atoms with Gasteiger partial charge >= 0.3 is 0 Å². The number of furan rings is 1. The molecule has 1 fully saturated rings. The number of pyridine rings is 1. The van der Waals surface area contributed by atoms with Crippen LogP contribution in [0, 0.1) is 6.92 Å². The van der Waals surface area contributed by atoms with Crippen LogP contribution in [0.15, 0.2) is 89.5 Å². The quantitative estimate of drug-likeness (QED) is 0.388. The van der Waals surface area contributed by atoms with Crippen molar-refractivity contribution in [1.82, 2.24) is 4.98 Å². The van der Waals surface area contributed by atoms with Crippen LogP contribution in [-0.2, 0) is 12.0 Å². The number of aryl methyl sites for hydroxylation is 1. The maximum Gasteiger partial charge on any atom is 0.202 e. The number of anilines is 1. The minimum Gasteiger partial charge on any atom is -0.453 e. The summed E-state index contributed by atoms with van der Waals surface area (Å²) in [6, 6.07) is 25.4. The average Bonchev–Trinajstić information content (AvgIpc) is 3.37. The maximum atomic E-state index is 12.7. The third-order valence-electron chi connectivity index (χ3n) is 6.62. The van der Waals surface area contributed by atoms with E-state index < -0.39 is 5.60 Å². The summed E-state index contributed by atoms with van der Waals surface area (Å²) in [5.41, 5.74) is 3.17. The molecule has 3 heterocycles. The Morgan fingerprint density at radius 2 is 1.71 bits per heavy atom. The van der Waals surface area contributed by atoms with Gasteiger partial charge in [-0.3, -0.25) is 4.79 Å². The summed E-state index contributed by atoms with van der Waals surface area (Å²) in [6.45, 7) is 3.49. The number of Topliss-reactive ketones (excluding diaryl/α,β-unsaturated/α-hetero) is 1. The molecular weight excluding hydrogens is 424 g/mol. The molecule has 4 aromatic rings. The Balaban J connectivity index is 1.20. The summed E-state index contributed by atoms with van der Waals surface area (Å²) in [7, 11) is 0. The summed E-state index contributed by atoms with van der Waals surface area (Å²) in [6.07, 6.45) is 3.30. The van der Waals surface area contributed by atoms with Crippen LogP contribution in [0.3, 0.4) is 0 Å². The van der Waals surface area contributed by atoms with Crippen molar-refractivity contribution >= 4 is 11.6 Å². The molecule has 0 aliphatic carbocycles. The highest BCUT2D eigenvalue weighted by molar-refractivity contribution is 5.95. The lowest BCUT2D eigenvalue weighted by Crippen LogP contribution is -2.42. The zero-order valence-corrected chi connectivity index (χ0v) is 19.3. The first-order valence-corrected chi connectivity index (χ1v) is 11.7. The third kappa shape index (κ3) is 4.66. The van der Waals surface area contributed by atoms with Crippen molar-refractivity contribution in [2.45, 2.75) is 31.8 Å². The molecule has 0 spiro atoms. The van der Waals surface area contributed by atoms with Crippen LogP contribution in [0.4, 0.5) is 5.82 Å². The lowest BCUT2D eigenvalue weighted by atomic mass is 9.84. The van der Waals surface area contributed by atoms with Gasteiger partial charge in [0.1, 0.15) is 11.6 Å². The predicted octanol–water partition coefficient (Wildman–Crippen LogP) is 5.56. The number of hydrogen-bond acceptors (Lipinski definition) is 5. The van der Waals surface area contributed by atoms with Crippen LogP contribution >= 0.6 is 0 Å². The average molecular weight is 453 g/mol. The van der Waals surface area contributed by atoms with Crippen molar-refractivity contribution in [1.29, 1.82) is 0 Å². The van der Waals surface area contributed by atoms with Gasteiger partial charge in [0.25, 0.3) is 0 Å². The third-order valence-corrected chi connectivity index (χ3v) is 6.62. The van der Waals surface area contributed by atoms with Crippen LogP contribution in [0.5, 0.6) is 0 Å². The largest absolute Gasteiger partial charge is 0.453 e. The summed E-state index contributed by atoms with van der Waals surface area (Å²) in [5, 5.41) is 11.1. The fraction of sp³-hybridized carbons (Fsp3) is 0.241. The van der Waals surface area contributed by atoms with E-state index in [0.717, 1.165) is 35.6 Å². The number of hydrogen-bond donors (Lipinski definition) is 1. The lowest BCUT2D eigenvalue weighted by molar-refractivity contribution is 0.0116. The lowest BCUT2D eigenvalue weighted by Gasteiger charge is -2.39. The van der Waals surface area contributed by atoms with Crippen molar-refractivity contribution in [3.8, 4) is 11.3 Å². The number of aromatic nitrogens is 1. The molecule has 1 aliphatic rings. The van der Waals surface area contributed by atoms with Gasteiger partial charge in [-0.2, -0.15) is 0 Å². The van der Waals surface area contributed by atoms with Gasteiger partial charge in [-0.05, 0) is 49.1 Å². The highest BCUT2D eigenvalue weighted by atomic mass is 16.3. The Kier molecular flexibility index (Phi) is 6.03. The summed E-state index contributed by atoms with van der Waals surface area (Å²) >= 11 is 0. The van der Waals surface area contributed by atoms with Gasteiger partial charge in [-0.25, -0.2) is 4.98 Å². The van der Waals surface area contributed by atoms with Crippen molar-refractivity contribution in [3.63, 3.8) is 0 Å². The Morgan fingerprint density at radius 1 is 0.971 bits per heavy atom. The van der Waals surface area contributed by atoms with Gasteiger partial charge in [-0.15, -0.1) is 0 Å². The number of nitrogens with zero attached hydrogens (tertiary/aromatic N) is 2. The number of carbonyl (C=O) groups is 1. The van der Waals surface area contributed by atoms with Crippen LogP contribution in [0.2, 0.25) is 0 Å². The molecule has 1 N–H and O–H groups in total. The van der Waals surface area contributed by atoms with Crippen molar-refractivity contribution < 1.29 is 14.3 Å². The van der Waals surface area contributed by atoms with E-state index in [1.54, 1.807) is 12.3 Å². The Hall–Kier alpha value is -3.70. The maximum absolute atomic E-state index is 12.7. The van der Waals surface area contributed by atoms with Crippen LogP contribution in [-0.4, -0.2) is 29.0 Å². The molecule has 5 nitrogen and oxygen atoms in total. The van der Waals surface area contributed by atoms with Gasteiger partial charge in [-0.1, -0.05) is 66.2 Å². The highest BCUT2D eigenvalue weighted by Gasteiger charge is 2.34. The van der Waals surface area contributed by atoms with Crippen LogP contribution in [0.1, 0.15) is 40.1 Å². The smallest absolute Gasteiger partial charge is 0.202 e. The normalized spacial score (nSPS) is 15.3. The molecule has 1 saturated heterocycles. The minimum atomic E-state index is -0.787. The molecular formula is C29H28N2O3. The second-order valence-corrected chi connectivity index (χ2v) is 9.04. The van der Waals surface area contributed by atoms with E-state index in [0.29, 0.717) is 24.4 Å². The Bertz CT molecular complexity index is 1250. The molecule has 0 saturated carbocycles. The molecule has 34 heavy (non-hydrogen) atoms. The topological polar surface area (TPSA) is 66.6 Å². The summed E-state index contributed by atoms with van der Waals surface area (Å²) < 4.78 is 5.82. The second kappa shape index (κ2) is 9.27. The second-order valence-electron chi connectivity index (χ2n) is 9.04. The van der Waals surface area contributed by atoms with Crippen molar-refractivity contribution in [2.75, 3.05) is 18.0 Å². The monoisotopic (exact) mass is 452 g/mol. The van der Waals surface area contributed by atoms with E-state index in [-0.39, 0.29) is 12.2 Å². The van der Waals surface area contributed by atoms with Crippen molar-refractivity contribution in [3.05, 3.63) is 108 Å². The van der Waals surface area contributed by atoms with Gasteiger partial charge in [0.15, 0.2) is 5.76 Å². The van der Waals surface area contributed by atoms with Crippen molar-refractivity contribution in [2.24, 2.45) is 0 Å². The fourth-order valence-corrected chi connectivity index (χ4v) is 4.48. The van der Waals surface area contributed by atoms with E-state index in [1.807, 2.05) is 79.7 Å². The highest BCUT2D eigenvalue weighted by Crippen LogP contribution is 2.34. The Labute approximate surface area is 199 Å². The molecule has 0 bridgehead atoms. The molecule has 0 unspecified atom stereocenters. The van der Waals surface area contributed by atoms with Gasteiger partial charge in [0, 0.05) is 31.3 Å². The van der Waals surface area contributed by atoms with E-state index in [4.69, 9.17) is 4.42 Å². The Morgan fingerprint density at radius 3 is 2.38 bits per heavy atom. The van der Waals surface area contributed by atoms with E-state index >= 15 is 0 Å². The molecule has 0 radical (unpaired) electrons. The molecule has 2 aromatic carbocycles. The molecule has 5 rings (SSSR count). The van der Waals surface area contributed by atoms with E-state index in [2.05, 4.69) is 9.88 Å². The summed E-state index contributed by atoms with van der Waals surface area (Å²) in [5.74, 6) is 1.85. The van der Waals surface area contributed by atoms with Crippen LogP contribution < -0.4 is 4.90 Å². The first kappa shape index (κ1) is 22.1. The molecule has 172 valence electrons. The summed E-state index contributed by atoms with van der Waals surface area (Å²) in [4.78, 5) is 19.5. The first-order valence-electron chi connectivity index (χ1n) is 11.7. The first-order chi connectivity index (χ1) is 16.5. The van der Waals surface area contributed by atoms with Crippen LogP contribution in [0.25, 0.3) is 11.3 Å². The molecule has 2 aromatic heterocycles. The zero-order chi connectivity index (χ0) is 23.5. The predicted molar refractivity (Wildman–Crippen MR) is 133 cm³/mol. The number of aliphatic hydroxyl groups is 1. The number of piperidine rings is 1. The molecule has 0 amide bonds. The van der Waals surface area contributed by atoms with E-state index in [9.17, 15) is 9.90 Å². The molecule has 1 aliphatic heterocycles. The standard InChI is InChI=1S/C29H28N2O3/c1-21-7-10-23(11-8-21)26-12-13-27(34-26)25(32)19-22-9-14-28(30-20-22)31-17-15-29(33,16-18-31)24-5-3-2-4-6-24/h2-14,20,33H,15-19H2,1H3. The minimum absolute atomic E-state index is 0.0705. The SMILES string of the molecule is Cc1ccc(-c2ccc(C(=O)Cc3ccc(N4CCC(O)(c5ccccc5)CC4)nc3)o2)cc1. The zero-order valence-electron chi connectivity index (χ0n) is 19.3. The molecule has 0 atom stereocenters. The van der Waals surface area contributed by atoms with Gasteiger partial charge in [0.05, 0.1) is 5.60 Å². The number of benzene rings is 2. The number of ketones is 1.